The standard InChI is InChI=1S/C16H17N2/c1-2-17-13-15(12-14-8-4-3-5-9-14)18-11-7-6-10-16(17)18/h3-11,13H,2,12H2,1H3/q+1. The Morgan fingerprint density at radius 1 is 1.00 bits per heavy atom. The van der Waals surface area contributed by atoms with E-state index in [1.54, 1.807) is 0 Å². The summed E-state index contributed by atoms with van der Waals surface area (Å²) in [6, 6.07) is 17.0. The van der Waals surface area contributed by atoms with Crippen molar-refractivity contribution in [3.63, 3.8) is 0 Å². The van der Waals surface area contributed by atoms with E-state index in [4.69, 9.17) is 0 Å². The third-order valence-corrected chi connectivity index (χ3v) is 3.32. The maximum absolute atomic E-state index is 2.29. The van der Waals surface area contributed by atoms with Crippen LogP contribution in [-0.2, 0) is 13.0 Å². The molecule has 18 heavy (non-hydrogen) atoms. The average molecular weight is 237 g/mol. The van der Waals surface area contributed by atoms with E-state index in [9.17, 15) is 0 Å². The lowest BCUT2D eigenvalue weighted by Gasteiger charge is -1.96. The van der Waals surface area contributed by atoms with Gasteiger partial charge in [-0.3, -0.25) is 0 Å². The molecule has 0 saturated heterocycles. The molecule has 0 fully saturated rings. The first-order chi connectivity index (χ1) is 8.88. The fourth-order valence-corrected chi connectivity index (χ4v) is 2.41. The lowest BCUT2D eigenvalue weighted by Crippen LogP contribution is -2.30. The molecule has 1 aromatic carbocycles. The van der Waals surface area contributed by atoms with Crippen LogP contribution in [0.4, 0.5) is 0 Å². The minimum Gasteiger partial charge on any atom is -0.230 e. The topological polar surface area (TPSA) is 8.29 Å². The number of fused-ring (bicyclic) bond motifs is 1. The molecule has 3 rings (SSSR count). The van der Waals surface area contributed by atoms with Crippen LogP contribution in [0.1, 0.15) is 18.2 Å². The number of rotatable bonds is 3. The zero-order valence-corrected chi connectivity index (χ0v) is 10.6. The van der Waals surface area contributed by atoms with Crippen molar-refractivity contribution in [1.82, 2.24) is 4.40 Å². The molecule has 2 nitrogen and oxygen atoms in total. The van der Waals surface area contributed by atoms with Gasteiger partial charge in [-0.05, 0) is 18.6 Å². The van der Waals surface area contributed by atoms with Crippen molar-refractivity contribution in [3.05, 3.63) is 72.2 Å². The van der Waals surface area contributed by atoms with Gasteiger partial charge < -0.3 is 0 Å². The van der Waals surface area contributed by atoms with E-state index in [-0.39, 0.29) is 0 Å². The summed E-state index contributed by atoms with van der Waals surface area (Å²) in [5, 5.41) is 0. The minimum absolute atomic E-state index is 0.971. The van der Waals surface area contributed by atoms with E-state index in [0.29, 0.717) is 0 Å². The Balaban J connectivity index is 2.07. The summed E-state index contributed by atoms with van der Waals surface area (Å²) in [5.74, 6) is 0. The second kappa shape index (κ2) is 4.65. The molecule has 0 aliphatic rings. The fraction of sp³-hybridized carbons (Fsp3) is 0.188. The van der Waals surface area contributed by atoms with E-state index in [1.165, 1.54) is 16.9 Å². The third-order valence-electron chi connectivity index (χ3n) is 3.32. The Labute approximate surface area is 107 Å². The van der Waals surface area contributed by atoms with Crippen molar-refractivity contribution >= 4 is 5.65 Å². The largest absolute Gasteiger partial charge is 0.286 e. The number of imidazole rings is 1. The van der Waals surface area contributed by atoms with Crippen LogP contribution >= 0.6 is 0 Å². The van der Waals surface area contributed by atoms with Gasteiger partial charge in [-0.2, -0.15) is 4.40 Å². The lowest BCUT2D eigenvalue weighted by atomic mass is 10.1. The molecule has 90 valence electrons. The van der Waals surface area contributed by atoms with Gasteiger partial charge in [-0.1, -0.05) is 36.4 Å². The van der Waals surface area contributed by atoms with Crippen molar-refractivity contribution in [2.45, 2.75) is 19.9 Å². The molecule has 0 saturated carbocycles. The van der Waals surface area contributed by atoms with Crippen LogP contribution in [0, 0.1) is 0 Å². The van der Waals surface area contributed by atoms with Gasteiger partial charge in [0.25, 0.3) is 5.65 Å². The number of aryl methyl sites for hydroxylation is 1. The second-order valence-electron chi connectivity index (χ2n) is 4.50. The highest BCUT2D eigenvalue weighted by molar-refractivity contribution is 5.35. The SMILES string of the molecule is CC[n+]1cc(Cc2ccccc2)n2ccccc21. The number of hydrogen-bond donors (Lipinski definition) is 0. The summed E-state index contributed by atoms with van der Waals surface area (Å²) in [6.07, 6.45) is 5.36. The summed E-state index contributed by atoms with van der Waals surface area (Å²) in [4.78, 5) is 0. The molecule has 2 aromatic heterocycles. The van der Waals surface area contributed by atoms with Crippen molar-refractivity contribution in [1.29, 1.82) is 0 Å². The number of pyridine rings is 1. The molecule has 0 aliphatic carbocycles. The number of benzene rings is 1. The minimum atomic E-state index is 0.971. The molecule has 0 atom stereocenters. The molecule has 0 radical (unpaired) electrons. The Bertz CT molecular complexity index is 653. The van der Waals surface area contributed by atoms with Crippen LogP contribution in [0.15, 0.2) is 60.9 Å². The van der Waals surface area contributed by atoms with Gasteiger partial charge in [0.1, 0.15) is 6.20 Å². The van der Waals surface area contributed by atoms with E-state index in [1.807, 2.05) is 0 Å². The van der Waals surface area contributed by atoms with Crippen LogP contribution in [0.3, 0.4) is 0 Å². The van der Waals surface area contributed by atoms with Crippen LogP contribution in [0.2, 0.25) is 0 Å². The Kier molecular flexibility index (Phi) is 2.85. The monoisotopic (exact) mass is 237 g/mol. The van der Waals surface area contributed by atoms with E-state index >= 15 is 0 Å². The van der Waals surface area contributed by atoms with Gasteiger partial charge in [0.15, 0.2) is 5.69 Å². The van der Waals surface area contributed by atoms with Gasteiger partial charge in [-0.15, -0.1) is 0 Å². The highest BCUT2D eigenvalue weighted by Gasteiger charge is 2.14. The first-order valence-corrected chi connectivity index (χ1v) is 6.41. The van der Waals surface area contributed by atoms with Crippen LogP contribution < -0.4 is 4.57 Å². The van der Waals surface area contributed by atoms with E-state index in [0.717, 1.165) is 13.0 Å². The first kappa shape index (κ1) is 11.0. The molecule has 0 aliphatic heterocycles. The van der Waals surface area contributed by atoms with Crippen molar-refractivity contribution in [2.24, 2.45) is 0 Å². The van der Waals surface area contributed by atoms with Gasteiger partial charge in [0.05, 0.1) is 12.7 Å². The number of aromatic nitrogens is 2. The van der Waals surface area contributed by atoms with Crippen molar-refractivity contribution < 1.29 is 4.57 Å². The molecule has 0 amide bonds. The molecular weight excluding hydrogens is 220 g/mol. The zero-order chi connectivity index (χ0) is 12.4. The fourth-order valence-electron chi connectivity index (χ4n) is 2.41. The van der Waals surface area contributed by atoms with Gasteiger partial charge in [0.2, 0.25) is 0 Å². The molecule has 0 N–H and O–H groups in total. The van der Waals surface area contributed by atoms with Crippen molar-refractivity contribution in [2.75, 3.05) is 0 Å². The normalized spacial score (nSPS) is 10.9. The van der Waals surface area contributed by atoms with Crippen LogP contribution in [0.25, 0.3) is 5.65 Å². The maximum Gasteiger partial charge on any atom is 0.286 e. The van der Waals surface area contributed by atoms with Gasteiger partial charge in [-0.25, -0.2) is 4.57 Å². The quantitative estimate of drug-likeness (QED) is 0.619. The smallest absolute Gasteiger partial charge is 0.230 e. The summed E-state index contributed by atoms with van der Waals surface area (Å²) >= 11 is 0. The number of hydrogen-bond acceptors (Lipinski definition) is 0. The predicted molar refractivity (Wildman–Crippen MR) is 72.5 cm³/mol. The molecule has 2 heteroatoms. The molecule has 2 heterocycles. The summed E-state index contributed by atoms with van der Waals surface area (Å²) in [5.41, 5.74) is 3.94. The second-order valence-corrected chi connectivity index (χ2v) is 4.50. The van der Waals surface area contributed by atoms with Crippen molar-refractivity contribution in [3.8, 4) is 0 Å². The van der Waals surface area contributed by atoms with Crippen LogP contribution in [0.5, 0.6) is 0 Å². The van der Waals surface area contributed by atoms with Crippen LogP contribution in [-0.4, -0.2) is 4.40 Å². The average Bonchev–Trinajstić information content (AvgIpc) is 2.78. The zero-order valence-electron chi connectivity index (χ0n) is 10.6. The third kappa shape index (κ3) is 1.90. The molecule has 0 spiro atoms. The first-order valence-electron chi connectivity index (χ1n) is 6.41. The van der Waals surface area contributed by atoms with Gasteiger partial charge in [0, 0.05) is 12.5 Å². The highest BCUT2D eigenvalue weighted by Crippen LogP contribution is 2.10. The summed E-state index contributed by atoms with van der Waals surface area (Å²) < 4.78 is 4.56. The van der Waals surface area contributed by atoms with Gasteiger partial charge >= 0.3 is 0 Å². The maximum atomic E-state index is 2.29. The lowest BCUT2D eigenvalue weighted by molar-refractivity contribution is -0.667. The Morgan fingerprint density at radius 2 is 1.78 bits per heavy atom. The molecular formula is C16H17N2+. The predicted octanol–water partition coefficient (Wildman–Crippen LogP) is 2.84. The Morgan fingerprint density at radius 3 is 2.56 bits per heavy atom. The molecule has 0 unspecified atom stereocenters. The number of nitrogens with zero attached hydrogens (tertiary/aromatic N) is 2. The molecule has 3 aromatic rings. The summed E-state index contributed by atoms with van der Waals surface area (Å²) in [7, 11) is 0. The highest BCUT2D eigenvalue weighted by atomic mass is 15.1. The Hall–Kier alpha value is -2.09. The molecule has 0 bridgehead atoms. The van der Waals surface area contributed by atoms with E-state index < -0.39 is 0 Å². The van der Waals surface area contributed by atoms with E-state index in [2.05, 4.69) is 76.8 Å². The summed E-state index contributed by atoms with van der Waals surface area (Å²) in [6.45, 7) is 3.18.